The van der Waals surface area contributed by atoms with Gasteiger partial charge in [-0.1, -0.05) is 29.8 Å². The third-order valence-corrected chi connectivity index (χ3v) is 9.51. The minimum absolute atomic E-state index is 0.0269. The van der Waals surface area contributed by atoms with E-state index in [-0.39, 0.29) is 41.1 Å². The van der Waals surface area contributed by atoms with Crippen LogP contribution in [0, 0.1) is 5.41 Å². The fourth-order valence-electron chi connectivity index (χ4n) is 5.10. The van der Waals surface area contributed by atoms with Gasteiger partial charge in [0.25, 0.3) is 0 Å². The van der Waals surface area contributed by atoms with Crippen LogP contribution in [0.15, 0.2) is 47.4 Å². The number of para-hydroxylation sites is 1. The third-order valence-electron chi connectivity index (χ3n) is 7.35. The molecule has 2 heterocycles. The standard InChI is InChI=1S/C27H36ClN3O6S/c1-29-12-14-30(15-13-29)26(32)18-27(20-37-21-8-5-4-6-9-21)10-7-11-31(19-27)38(33,34)25-16-22(28)23(35-2)17-24(25)36-3/h4-6,8-9,16-17H,7,10-15,18-20H2,1-3H3. The Morgan fingerprint density at radius 2 is 1.68 bits per heavy atom. The first-order valence-electron chi connectivity index (χ1n) is 12.7. The van der Waals surface area contributed by atoms with Gasteiger partial charge in [0.05, 0.1) is 25.8 Å². The molecule has 208 valence electrons. The van der Waals surface area contributed by atoms with Crippen molar-refractivity contribution in [2.45, 2.75) is 24.2 Å². The van der Waals surface area contributed by atoms with Crippen molar-refractivity contribution in [1.82, 2.24) is 14.1 Å². The summed E-state index contributed by atoms with van der Waals surface area (Å²) < 4.78 is 46.0. The lowest BCUT2D eigenvalue weighted by atomic mass is 9.78. The summed E-state index contributed by atoms with van der Waals surface area (Å²) in [6.45, 7) is 3.65. The molecule has 0 N–H and O–H groups in total. The Morgan fingerprint density at radius 1 is 1.00 bits per heavy atom. The van der Waals surface area contributed by atoms with Gasteiger partial charge in [0.1, 0.15) is 22.1 Å². The van der Waals surface area contributed by atoms with Crippen LogP contribution in [-0.4, -0.2) is 95.6 Å². The number of carbonyl (C=O) groups excluding carboxylic acids is 1. The maximum atomic E-state index is 13.9. The number of piperidine rings is 1. The predicted octanol–water partition coefficient (Wildman–Crippen LogP) is 3.37. The van der Waals surface area contributed by atoms with Crippen molar-refractivity contribution in [3.63, 3.8) is 0 Å². The van der Waals surface area contributed by atoms with E-state index in [0.29, 0.717) is 44.0 Å². The van der Waals surface area contributed by atoms with E-state index in [1.54, 1.807) is 0 Å². The molecule has 11 heteroatoms. The maximum Gasteiger partial charge on any atom is 0.246 e. The zero-order chi connectivity index (χ0) is 27.3. The van der Waals surface area contributed by atoms with Crippen LogP contribution in [0.4, 0.5) is 0 Å². The van der Waals surface area contributed by atoms with Crippen molar-refractivity contribution in [3.8, 4) is 17.2 Å². The predicted molar refractivity (Wildman–Crippen MR) is 146 cm³/mol. The van der Waals surface area contributed by atoms with Gasteiger partial charge in [-0.3, -0.25) is 4.79 Å². The summed E-state index contributed by atoms with van der Waals surface area (Å²) in [7, 11) is 0.913. The molecule has 0 bridgehead atoms. The molecule has 0 spiro atoms. The van der Waals surface area contributed by atoms with Gasteiger partial charge in [0.15, 0.2) is 0 Å². The minimum Gasteiger partial charge on any atom is -0.495 e. The number of methoxy groups -OCH3 is 2. The second-order valence-electron chi connectivity index (χ2n) is 10.0. The third kappa shape index (κ3) is 6.36. The first-order chi connectivity index (χ1) is 18.2. The Balaban J connectivity index is 1.62. The van der Waals surface area contributed by atoms with Crippen LogP contribution in [0.2, 0.25) is 5.02 Å². The van der Waals surface area contributed by atoms with Gasteiger partial charge in [-0.25, -0.2) is 8.42 Å². The highest BCUT2D eigenvalue weighted by Gasteiger charge is 2.44. The van der Waals surface area contributed by atoms with Gasteiger partial charge in [-0.05, 0) is 38.1 Å². The van der Waals surface area contributed by atoms with E-state index in [2.05, 4.69) is 4.90 Å². The Morgan fingerprint density at radius 3 is 2.34 bits per heavy atom. The largest absolute Gasteiger partial charge is 0.495 e. The molecule has 0 radical (unpaired) electrons. The summed E-state index contributed by atoms with van der Waals surface area (Å²) in [6.07, 6.45) is 1.47. The molecule has 4 rings (SSSR count). The lowest BCUT2D eigenvalue weighted by Gasteiger charge is -2.43. The number of likely N-dealkylation sites (N-methyl/N-ethyl adjacent to an activating group) is 1. The monoisotopic (exact) mass is 565 g/mol. The van der Waals surface area contributed by atoms with E-state index >= 15 is 0 Å². The molecule has 2 aromatic carbocycles. The molecule has 9 nitrogen and oxygen atoms in total. The summed E-state index contributed by atoms with van der Waals surface area (Å²) in [6, 6.07) is 12.2. The van der Waals surface area contributed by atoms with Gasteiger partial charge in [0, 0.05) is 57.2 Å². The summed E-state index contributed by atoms with van der Waals surface area (Å²) in [5.41, 5.74) is -0.689. The van der Waals surface area contributed by atoms with Crippen molar-refractivity contribution in [2.75, 3.05) is 67.1 Å². The van der Waals surface area contributed by atoms with Gasteiger partial charge in [0.2, 0.25) is 15.9 Å². The van der Waals surface area contributed by atoms with Crippen molar-refractivity contribution in [2.24, 2.45) is 5.41 Å². The first kappa shape index (κ1) is 28.5. The highest BCUT2D eigenvalue weighted by atomic mass is 35.5. The molecule has 0 aromatic heterocycles. The molecule has 2 aromatic rings. The fourth-order valence-corrected chi connectivity index (χ4v) is 7.16. The van der Waals surface area contributed by atoms with E-state index < -0.39 is 15.4 Å². The number of piperazine rings is 1. The van der Waals surface area contributed by atoms with E-state index in [1.807, 2.05) is 42.3 Å². The Labute approximate surface area is 230 Å². The van der Waals surface area contributed by atoms with E-state index in [0.717, 1.165) is 13.1 Å². The second-order valence-corrected chi connectivity index (χ2v) is 12.4. The smallest absolute Gasteiger partial charge is 0.246 e. The van der Waals surface area contributed by atoms with Gasteiger partial charge >= 0.3 is 0 Å². The van der Waals surface area contributed by atoms with Crippen LogP contribution < -0.4 is 14.2 Å². The Kier molecular flexibility index (Phi) is 9.07. The topological polar surface area (TPSA) is 88.6 Å². The lowest BCUT2D eigenvalue weighted by molar-refractivity contribution is -0.136. The van der Waals surface area contributed by atoms with E-state index in [4.69, 9.17) is 25.8 Å². The molecular formula is C27H36ClN3O6S. The molecule has 0 saturated carbocycles. The number of ether oxygens (including phenoxy) is 3. The Hall–Kier alpha value is -2.53. The average molecular weight is 566 g/mol. The zero-order valence-corrected chi connectivity index (χ0v) is 23.8. The molecule has 1 atom stereocenters. The SMILES string of the molecule is COc1cc(OC)c(S(=O)(=O)N2CCCC(COc3ccccc3)(CC(=O)N3CCN(C)CC3)C2)cc1Cl. The van der Waals surface area contributed by atoms with Crippen LogP contribution in [0.5, 0.6) is 17.2 Å². The van der Waals surface area contributed by atoms with E-state index in [9.17, 15) is 13.2 Å². The lowest BCUT2D eigenvalue weighted by Crippen LogP contribution is -2.53. The second kappa shape index (κ2) is 12.1. The number of halogens is 1. The number of amides is 1. The van der Waals surface area contributed by atoms with Gasteiger partial charge in [-0.15, -0.1) is 0 Å². The molecule has 2 fully saturated rings. The number of hydrogen-bond acceptors (Lipinski definition) is 7. The summed E-state index contributed by atoms with van der Waals surface area (Å²) >= 11 is 6.31. The first-order valence-corrected chi connectivity index (χ1v) is 14.6. The van der Waals surface area contributed by atoms with Gasteiger partial charge < -0.3 is 24.0 Å². The quantitative estimate of drug-likeness (QED) is 0.460. The van der Waals surface area contributed by atoms with Gasteiger partial charge in [-0.2, -0.15) is 4.31 Å². The molecule has 2 saturated heterocycles. The van der Waals surface area contributed by atoms with Crippen molar-refractivity contribution in [3.05, 3.63) is 47.5 Å². The minimum atomic E-state index is -3.99. The molecule has 2 aliphatic heterocycles. The van der Waals surface area contributed by atoms with Crippen molar-refractivity contribution < 1.29 is 27.4 Å². The van der Waals surface area contributed by atoms with Crippen LogP contribution >= 0.6 is 11.6 Å². The Bertz CT molecular complexity index is 1220. The van der Waals surface area contributed by atoms with E-state index in [1.165, 1.54) is 30.7 Å². The zero-order valence-electron chi connectivity index (χ0n) is 22.2. The highest BCUT2D eigenvalue weighted by molar-refractivity contribution is 7.89. The van der Waals surface area contributed by atoms with Crippen LogP contribution in [-0.2, 0) is 14.8 Å². The molecule has 2 aliphatic rings. The number of benzene rings is 2. The molecular weight excluding hydrogens is 530 g/mol. The van der Waals surface area contributed by atoms with Crippen molar-refractivity contribution >= 4 is 27.5 Å². The number of hydrogen-bond donors (Lipinski definition) is 0. The summed E-state index contributed by atoms with van der Waals surface area (Å²) in [4.78, 5) is 17.5. The molecule has 1 unspecified atom stereocenters. The average Bonchev–Trinajstić information content (AvgIpc) is 2.93. The number of sulfonamides is 1. The highest BCUT2D eigenvalue weighted by Crippen LogP contribution is 2.41. The molecule has 38 heavy (non-hydrogen) atoms. The maximum absolute atomic E-state index is 13.9. The molecule has 0 aliphatic carbocycles. The van der Waals surface area contributed by atoms with Crippen LogP contribution in [0.1, 0.15) is 19.3 Å². The molecule has 1 amide bonds. The normalized spacial score (nSPS) is 21.2. The number of carbonyl (C=O) groups is 1. The number of rotatable bonds is 9. The van der Waals surface area contributed by atoms with Crippen LogP contribution in [0.25, 0.3) is 0 Å². The van der Waals surface area contributed by atoms with Crippen LogP contribution in [0.3, 0.4) is 0 Å². The summed E-state index contributed by atoms with van der Waals surface area (Å²) in [5, 5.41) is 0.174. The number of nitrogens with zero attached hydrogens (tertiary/aromatic N) is 3. The summed E-state index contributed by atoms with van der Waals surface area (Å²) in [5.74, 6) is 1.18. The van der Waals surface area contributed by atoms with Crippen molar-refractivity contribution in [1.29, 1.82) is 0 Å². The fraction of sp³-hybridized carbons (Fsp3) is 0.519.